The van der Waals surface area contributed by atoms with Gasteiger partial charge in [0.05, 0.1) is 18.3 Å². The SMILES string of the molecule is COc1ccc(CN2CCN(C3(C(O)c4ccccn4)CCOCC3)CC2)cn1. The molecule has 0 aromatic carbocycles. The molecule has 0 spiro atoms. The largest absolute Gasteiger partial charge is 0.481 e. The van der Waals surface area contributed by atoms with Gasteiger partial charge in [0, 0.05) is 64.4 Å². The molecule has 1 N–H and O–H groups in total. The molecule has 2 aromatic rings. The highest BCUT2D eigenvalue weighted by atomic mass is 16.5. The molecule has 0 radical (unpaired) electrons. The van der Waals surface area contributed by atoms with Crippen LogP contribution in [0.5, 0.6) is 5.88 Å². The van der Waals surface area contributed by atoms with Gasteiger partial charge in [-0.1, -0.05) is 12.1 Å². The van der Waals surface area contributed by atoms with Crippen LogP contribution in [0.4, 0.5) is 0 Å². The van der Waals surface area contributed by atoms with E-state index in [2.05, 4.69) is 25.8 Å². The number of aromatic nitrogens is 2. The van der Waals surface area contributed by atoms with Crippen molar-refractivity contribution in [2.24, 2.45) is 0 Å². The van der Waals surface area contributed by atoms with Gasteiger partial charge in [0.2, 0.25) is 5.88 Å². The summed E-state index contributed by atoms with van der Waals surface area (Å²) >= 11 is 0. The third kappa shape index (κ3) is 4.43. The molecule has 156 valence electrons. The minimum atomic E-state index is -0.607. The fourth-order valence-corrected chi connectivity index (χ4v) is 4.54. The lowest BCUT2D eigenvalue weighted by atomic mass is 9.80. The predicted octanol–water partition coefficient (Wildman–Crippen LogP) is 1.89. The van der Waals surface area contributed by atoms with E-state index in [0.717, 1.165) is 51.3 Å². The molecule has 7 nitrogen and oxygen atoms in total. The predicted molar refractivity (Wildman–Crippen MR) is 110 cm³/mol. The Balaban J connectivity index is 1.42. The number of rotatable bonds is 6. The summed E-state index contributed by atoms with van der Waals surface area (Å²) in [6.45, 7) is 6.01. The van der Waals surface area contributed by atoms with Crippen molar-refractivity contribution in [3.63, 3.8) is 0 Å². The molecule has 0 saturated carbocycles. The molecule has 4 rings (SSSR count). The summed E-state index contributed by atoms with van der Waals surface area (Å²) in [7, 11) is 1.63. The summed E-state index contributed by atoms with van der Waals surface area (Å²) in [6, 6.07) is 9.74. The molecular weight excluding hydrogens is 368 g/mol. The van der Waals surface area contributed by atoms with Crippen molar-refractivity contribution in [3.05, 3.63) is 54.0 Å². The second kappa shape index (κ2) is 9.17. The molecule has 2 aromatic heterocycles. The van der Waals surface area contributed by atoms with Crippen LogP contribution in [0.2, 0.25) is 0 Å². The average molecular weight is 399 g/mol. The first-order chi connectivity index (χ1) is 14.2. The Kier molecular flexibility index (Phi) is 6.40. The fraction of sp³-hybridized carbons (Fsp3) is 0.545. The molecule has 2 saturated heterocycles. The number of pyridine rings is 2. The quantitative estimate of drug-likeness (QED) is 0.797. The maximum Gasteiger partial charge on any atom is 0.212 e. The normalized spacial score (nSPS) is 21.6. The first-order valence-corrected chi connectivity index (χ1v) is 10.3. The standard InChI is InChI=1S/C22H30N4O3/c1-28-20-6-5-18(16-24-20)17-25-10-12-26(13-11-25)22(7-14-29-15-8-22)21(27)19-4-2-3-9-23-19/h2-6,9,16,21,27H,7-8,10-15,17H2,1H3. The smallest absolute Gasteiger partial charge is 0.212 e. The Bertz CT molecular complexity index is 757. The van der Waals surface area contributed by atoms with E-state index in [-0.39, 0.29) is 5.54 Å². The van der Waals surface area contributed by atoms with Gasteiger partial charge in [-0.15, -0.1) is 0 Å². The Morgan fingerprint density at radius 2 is 1.90 bits per heavy atom. The summed E-state index contributed by atoms with van der Waals surface area (Å²) in [5, 5.41) is 11.3. The highest BCUT2D eigenvalue weighted by Crippen LogP contribution is 2.39. The van der Waals surface area contributed by atoms with Crippen molar-refractivity contribution in [1.82, 2.24) is 19.8 Å². The summed E-state index contributed by atoms with van der Waals surface area (Å²) in [5.74, 6) is 0.642. The average Bonchev–Trinajstić information content (AvgIpc) is 2.80. The lowest BCUT2D eigenvalue weighted by Crippen LogP contribution is -2.61. The molecule has 7 heteroatoms. The van der Waals surface area contributed by atoms with Gasteiger partial charge in [-0.3, -0.25) is 14.8 Å². The van der Waals surface area contributed by atoms with Crippen LogP contribution < -0.4 is 4.74 Å². The van der Waals surface area contributed by atoms with Crippen molar-refractivity contribution >= 4 is 0 Å². The lowest BCUT2D eigenvalue weighted by molar-refractivity contribution is -0.111. The van der Waals surface area contributed by atoms with Crippen LogP contribution in [0.15, 0.2) is 42.7 Å². The molecule has 2 aliphatic heterocycles. The third-order valence-electron chi connectivity index (χ3n) is 6.25. The van der Waals surface area contributed by atoms with Crippen molar-refractivity contribution in [2.75, 3.05) is 46.5 Å². The highest BCUT2D eigenvalue weighted by molar-refractivity contribution is 5.18. The number of aliphatic hydroxyl groups excluding tert-OH is 1. The molecule has 29 heavy (non-hydrogen) atoms. The Hall–Kier alpha value is -2.06. The van der Waals surface area contributed by atoms with Gasteiger partial charge < -0.3 is 14.6 Å². The van der Waals surface area contributed by atoms with E-state index < -0.39 is 6.10 Å². The summed E-state index contributed by atoms with van der Waals surface area (Å²) in [5.41, 5.74) is 1.63. The molecule has 2 fully saturated rings. The van der Waals surface area contributed by atoms with Crippen molar-refractivity contribution in [2.45, 2.75) is 31.0 Å². The topological polar surface area (TPSA) is 71.0 Å². The zero-order valence-electron chi connectivity index (χ0n) is 17.0. The number of methoxy groups -OCH3 is 1. The molecule has 1 atom stereocenters. The maximum atomic E-state index is 11.3. The van der Waals surface area contributed by atoms with E-state index in [1.165, 1.54) is 5.56 Å². The number of hydrogen-bond acceptors (Lipinski definition) is 7. The maximum absolute atomic E-state index is 11.3. The second-order valence-electron chi connectivity index (χ2n) is 7.85. The van der Waals surface area contributed by atoms with Crippen LogP contribution in [0, 0.1) is 0 Å². The van der Waals surface area contributed by atoms with Gasteiger partial charge in [-0.2, -0.15) is 0 Å². The Morgan fingerprint density at radius 3 is 2.52 bits per heavy atom. The molecule has 0 amide bonds. The van der Waals surface area contributed by atoms with E-state index >= 15 is 0 Å². The van der Waals surface area contributed by atoms with E-state index in [1.54, 1.807) is 13.3 Å². The lowest BCUT2D eigenvalue weighted by Gasteiger charge is -2.51. The van der Waals surface area contributed by atoms with Crippen LogP contribution in [0.3, 0.4) is 0 Å². The second-order valence-corrected chi connectivity index (χ2v) is 7.85. The first kappa shape index (κ1) is 20.2. The summed E-state index contributed by atoms with van der Waals surface area (Å²) in [4.78, 5) is 13.7. The zero-order chi connectivity index (χ0) is 20.1. The van der Waals surface area contributed by atoms with E-state index in [4.69, 9.17) is 9.47 Å². The number of piperazine rings is 1. The molecule has 1 unspecified atom stereocenters. The molecule has 0 aliphatic carbocycles. The van der Waals surface area contributed by atoms with Crippen LogP contribution >= 0.6 is 0 Å². The highest BCUT2D eigenvalue weighted by Gasteiger charge is 2.46. The first-order valence-electron chi connectivity index (χ1n) is 10.3. The van der Waals surface area contributed by atoms with Gasteiger partial charge in [0.25, 0.3) is 0 Å². The number of hydrogen-bond donors (Lipinski definition) is 1. The molecule has 2 aliphatic rings. The monoisotopic (exact) mass is 398 g/mol. The van der Waals surface area contributed by atoms with Gasteiger partial charge in [-0.05, 0) is 30.5 Å². The van der Waals surface area contributed by atoms with E-state index in [0.29, 0.717) is 19.1 Å². The third-order valence-corrected chi connectivity index (χ3v) is 6.25. The summed E-state index contributed by atoms with van der Waals surface area (Å²) in [6.07, 6.45) is 4.69. The number of ether oxygens (including phenoxy) is 2. The zero-order valence-corrected chi connectivity index (χ0v) is 17.0. The van der Waals surface area contributed by atoms with Gasteiger partial charge >= 0.3 is 0 Å². The Labute approximate surface area is 172 Å². The van der Waals surface area contributed by atoms with Crippen molar-refractivity contribution in [1.29, 1.82) is 0 Å². The Morgan fingerprint density at radius 1 is 1.10 bits per heavy atom. The van der Waals surface area contributed by atoms with Gasteiger partial charge in [0.1, 0.15) is 6.10 Å². The summed E-state index contributed by atoms with van der Waals surface area (Å²) < 4.78 is 10.8. The fourth-order valence-electron chi connectivity index (χ4n) is 4.54. The number of aliphatic hydroxyl groups is 1. The van der Waals surface area contributed by atoms with Gasteiger partial charge in [-0.25, -0.2) is 4.98 Å². The van der Waals surface area contributed by atoms with Crippen LogP contribution in [-0.2, 0) is 11.3 Å². The van der Waals surface area contributed by atoms with E-state index in [9.17, 15) is 5.11 Å². The minimum Gasteiger partial charge on any atom is -0.481 e. The van der Waals surface area contributed by atoms with E-state index in [1.807, 2.05) is 30.5 Å². The molecule has 0 bridgehead atoms. The molecule has 4 heterocycles. The van der Waals surface area contributed by atoms with Crippen LogP contribution in [-0.4, -0.2) is 76.9 Å². The molecular formula is C22H30N4O3. The van der Waals surface area contributed by atoms with Crippen molar-refractivity contribution in [3.8, 4) is 5.88 Å². The van der Waals surface area contributed by atoms with Crippen LogP contribution in [0.1, 0.15) is 30.2 Å². The van der Waals surface area contributed by atoms with Crippen LogP contribution in [0.25, 0.3) is 0 Å². The van der Waals surface area contributed by atoms with Gasteiger partial charge in [0.15, 0.2) is 0 Å². The van der Waals surface area contributed by atoms with Crippen molar-refractivity contribution < 1.29 is 14.6 Å². The number of nitrogens with zero attached hydrogens (tertiary/aromatic N) is 4. The minimum absolute atomic E-state index is 0.305.